The molecule has 1 N–H and O–H groups in total. The van der Waals surface area contributed by atoms with E-state index in [-0.39, 0.29) is 6.10 Å². The lowest BCUT2D eigenvalue weighted by Crippen LogP contribution is -2.31. The Labute approximate surface area is 127 Å². The summed E-state index contributed by atoms with van der Waals surface area (Å²) in [4.78, 5) is 2.32. The molecule has 2 aromatic rings. The number of aliphatic hydroxyl groups is 1. The molecule has 0 saturated carbocycles. The summed E-state index contributed by atoms with van der Waals surface area (Å²) >= 11 is 0. The Hall–Kier alpha value is -1.65. The van der Waals surface area contributed by atoms with E-state index in [1.165, 1.54) is 11.1 Å². The molecular formula is C17H25N3O. The van der Waals surface area contributed by atoms with Gasteiger partial charge < -0.3 is 5.11 Å². The quantitative estimate of drug-likeness (QED) is 0.809. The van der Waals surface area contributed by atoms with Gasteiger partial charge in [0.2, 0.25) is 0 Å². The highest BCUT2D eigenvalue weighted by Gasteiger charge is 2.09. The zero-order valence-corrected chi connectivity index (χ0v) is 12.9. The molecule has 21 heavy (non-hydrogen) atoms. The molecule has 1 heterocycles. The van der Waals surface area contributed by atoms with E-state index in [9.17, 15) is 5.11 Å². The second kappa shape index (κ2) is 7.96. The van der Waals surface area contributed by atoms with Gasteiger partial charge in [-0.1, -0.05) is 30.3 Å². The number of aliphatic hydroxyl groups excluding tert-OH is 1. The highest BCUT2D eigenvalue weighted by atomic mass is 16.3. The van der Waals surface area contributed by atoms with Crippen LogP contribution >= 0.6 is 0 Å². The Morgan fingerprint density at radius 1 is 1.24 bits per heavy atom. The summed E-state index contributed by atoms with van der Waals surface area (Å²) in [5, 5.41) is 13.9. The lowest BCUT2D eigenvalue weighted by Gasteiger charge is -2.23. The van der Waals surface area contributed by atoms with Gasteiger partial charge in [0.05, 0.1) is 12.3 Å². The maximum Gasteiger partial charge on any atom is 0.0639 e. The predicted molar refractivity (Wildman–Crippen MR) is 84.9 cm³/mol. The summed E-state index contributed by atoms with van der Waals surface area (Å²) in [6.45, 7) is 4.43. The fraction of sp³-hybridized carbons (Fsp3) is 0.471. The minimum Gasteiger partial charge on any atom is -0.392 e. The van der Waals surface area contributed by atoms with Gasteiger partial charge in [-0.15, -0.1) is 0 Å². The summed E-state index contributed by atoms with van der Waals surface area (Å²) in [6.07, 6.45) is 5.79. The molecule has 1 aromatic heterocycles. The van der Waals surface area contributed by atoms with E-state index >= 15 is 0 Å². The number of rotatable bonds is 8. The largest absolute Gasteiger partial charge is 0.392 e. The molecule has 0 amide bonds. The van der Waals surface area contributed by atoms with E-state index in [1.54, 1.807) is 0 Å². The normalized spacial score (nSPS) is 12.8. The van der Waals surface area contributed by atoms with Crippen molar-refractivity contribution >= 4 is 0 Å². The molecule has 1 atom stereocenters. The molecule has 114 valence electrons. The molecule has 0 radical (unpaired) electrons. The van der Waals surface area contributed by atoms with Crippen LogP contribution < -0.4 is 0 Å². The van der Waals surface area contributed by atoms with Crippen molar-refractivity contribution in [1.29, 1.82) is 0 Å². The van der Waals surface area contributed by atoms with E-state index in [1.807, 2.05) is 30.9 Å². The van der Waals surface area contributed by atoms with Gasteiger partial charge in [0, 0.05) is 26.3 Å². The van der Waals surface area contributed by atoms with Crippen molar-refractivity contribution in [3.63, 3.8) is 0 Å². The molecule has 0 spiro atoms. The summed E-state index contributed by atoms with van der Waals surface area (Å²) < 4.78 is 1.84. The first-order chi connectivity index (χ1) is 10.1. The number of hydrogen-bond acceptors (Lipinski definition) is 3. The number of aryl methyl sites for hydroxylation is 2. The first-order valence-corrected chi connectivity index (χ1v) is 7.55. The van der Waals surface area contributed by atoms with Crippen molar-refractivity contribution in [3.05, 3.63) is 53.9 Å². The van der Waals surface area contributed by atoms with Crippen molar-refractivity contribution < 1.29 is 5.11 Å². The summed E-state index contributed by atoms with van der Waals surface area (Å²) in [7, 11) is 1.94. The Bertz CT molecular complexity index is 522. The fourth-order valence-corrected chi connectivity index (χ4v) is 2.56. The van der Waals surface area contributed by atoms with E-state index < -0.39 is 0 Å². The maximum absolute atomic E-state index is 9.67. The SMILES string of the molecule is C[C@H](O)CN(CCCc1cnn(C)c1)Cc1ccccc1. The van der Waals surface area contributed by atoms with Crippen molar-refractivity contribution in [1.82, 2.24) is 14.7 Å². The third kappa shape index (κ3) is 5.69. The van der Waals surface area contributed by atoms with Gasteiger partial charge in [-0.05, 0) is 37.4 Å². The third-order valence-electron chi connectivity index (χ3n) is 3.47. The topological polar surface area (TPSA) is 41.3 Å². The van der Waals surface area contributed by atoms with Crippen LogP contribution in [0.25, 0.3) is 0 Å². The molecule has 0 aliphatic heterocycles. The second-order valence-electron chi connectivity index (χ2n) is 5.70. The monoisotopic (exact) mass is 287 g/mol. The van der Waals surface area contributed by atoms with Gasteiger partial charge in [0.1, 0.15) is 0 Å². The molecular weight excluding hydrogens is 262 g/mol. The van der Waals surface area contributed by atoms with E-state index in [4.69, 9.17) is 0 Å². The van der Waals surface area contributed by atoms with Crippen LogP contribution in [-0.4, -0.2) is 39.0 Å². The van der Waals surface area contributed by atoms with Crippen molar-refractivity contribution in [2.24, 2.45) is 7.05 Å². The molecule has 0 unspecified atom stereocenters. The van der Waals surface area contributed by atoms with Crippen LogP contribution in [0.4, 0.5) is 0 Å². The summed E-state index contributed by atoms with van der Waals surface area (Å²) in [5.74, 6) is 0. The molecule has 0 fully saturated rings. The molecule has 0 bridgehead atoms. The maximum atomic E-state index is 9.67. The summed E-state index contributed by atoms with van der Waals surface area (Å²) in [5.41, 5.74) is 2.56. The first-order valence-electron chi connectivity index (χ1n) is 7.55. The molecule has 4 heteroatoms. The fourth-order valence-electron chi connectivity index (χ4n) is 2.56. The average Bonchev–Trinajstić information content (AvgIpc) is 2.85. The van der Waals surface area contributed by atoms with E-state index in [0.29, 0.717) is 6.54 Å². The highest BCUT2D eigenvalue weighted by Crippen LogP contribution is 2.08. The Morgan fingerprint density at radius 3 is 2.62 bits per heavy atom. The third-order valence-corrected chi connectivity index (χ3v) is 3.47. The van der Waals surface area contributed by atoms with Crippen LogP contribution in [0.15, 0.2) is 42.7 Å². The molecule has 0 saturated heterocycles. The minimum atomic E-state index is -0.299. The average molecular weight is 287 g/mol. The van der Waals surface area contributed by atoms with Crippen molar-refractivity contribution in [2.45, 2.75) is 32.4 Å². The van der Waals surface area contributed by atoms with Gasteiger partial charge in [-0.3, -0.25) is 9.58 Å². The van der Waals surface area contributed by atoms with Crippen LogP contribution in [0.2, 0.25) is 0 Å². The van der Waals surface area contributed by atoms with Crippen molar-refractivity contribution in [2.75, 3.05) is 13.1 Å². The lowest BCUT2D eigenvalue weighted by molar-refractivity contribution is 0.121. The van der Waals surface area contributed by atoms with Crippen LogP contribution in [0.5, 0.6) is 0 Å². The van der Waals surface area contributed by atoms with Gasteiger partial charge in [-0.25, -0.2) is 0 Å². The molecule has 4 nitrogen and oxygen atoms in total. The van der Waals surface area contributed by atoms with E-state index in [0.717, 1.165) is 25.9 Å². The van der Waals surface area contributed by atoms with Crippen LogP contribution in [0, 0.1) is 0 Å². The predicted octanol–water partition coefficient (Wildman–Crippen LogP) is 2.24. The standard InChI is InChI=1S/C17H25N3O/c1-15(21)12-20(14-16-7-4-3-5-8-16)10-6-9-17-11-18-19(2)13-17/h3-5,7-8,11,13,15,21H,6,9-10,12,14H2,1-2H3/t15-/m0/s1. The van der Waals surface area contributed by atoms with Crippen LogP contribution in [0.3, 0.4) is 0 Å². The zero-order valence-electron chi connectivity index (χ0n) is 12.9. The number of benzene rings is 1. The number of nitrogens with zero attached hydrogens (tertiary/aromatic N) is 3. The first kappa shape index (κ1) is 15.7. The van der Waals surface area contributed by atoms with Gasteiger partial charge in [0.25, 0.3) is 0 Å². The summed E-state index contributed by atoms with van der Waals surface area (Å²) in [6, 6.07) is 10.4. The lowest BCUT2D eigenvalue weighted by atomic mass is 10.1. The van der Waals surface area contributed by atoms with Crippen LogP contribution in [-0.2, 0) is 20.0 Å². The van der Waals surface area contributed by atoms with Gasteiger partial charge in [-0.2, -0.15) is 5.10 Å². The van der Waals surface area contributed by atoms with Gasteiger partial charge >= 0.3 is 0 Å². The van der Waals surface area contributed by atoms with E-state index in [2.05, 4.69) is 40.5 Å². The molecule has 0 aliphatic carbocycles. The molecule has 2 rings (SSSR count). The highest BCUT2D eigenvalue weighted by molar-refractivity contribution is 5.14. The Balaban J connectivity index is 1.84. The van der Waals surface area contributed by atoms with Gasteiger partial charge in [0.15, 0.2) is 0 Å². The Kier molecular flexibility index (Phi) is 5.96. The Morgan fingerprint density at radius 2 is 2.00 bits per heavy atom. The minimum absolute atomic E-state index is 0.299. The smallest absolute Gasteiger partial charge is 0.0639 e. The number of aromatic nitrogens is 2. The molecule has 0 aliphatic rings. The van der Waals surface area contributed by atoms with Crippen LogP contribution in [0.1, 0.15) is 24.5 Å². The number of hydrogen-bond donors (Lipinski definition) is 1. The zero-order chi connectivity index (χ0) is 15.1. The second-order valence-corrected chi connectivity index (χ2v) is 5.70. The van der Waals surface area contributed by atoms with Crippen molar-refractivity contribution in [3.8, 4) is 0 Å². The molecule has 1 aromatic carbocycles.